The molecule has 0 atom stereocenters. The van der Waals surface area contributed by atoms with Crippen molar-refractivity contribution in [1.82, 2.24) is 0 Å². The SMILES string of the molecule is N#Cc1cc([N+](=O)[O-])ccc1C=CCCl. The second-order valence-corrected chi connectivity index (χ2v) is 3.01. The first kappa shape index (κ1) is 11.2. The van der Waals surface area contributed by atoms with E-state index in [4.69, 9.17) is 16.9 Å². The highest BCUT2D eigenvalue weighted by Crippen LogP contribution is 2.18. The lowest BCUT2D eigenvalue weighted by atomic mass is 10.1. The topological polar surface area (TPSA) is 66.9 Å². The molecule has 76 valence electrons. The van der Waals surface area contributed by atoms with Crippen molar-refractivity contribution in [2.24, 2.45) is 0 Å². The molecule has 5 heteroatoms. The summed E-state index contributed by atoms with van der Waals surface area (Å²) in [6.07, 6.45) is 3.33. The minimum atomic E-state index is -0.532. The molecular weight excluding hydrogens is 216 g/mol. The van der Waals surface area contributed by atoms with E-state index < -0.39 is 4.92 Å². The molecule has 0 aromatic heterocycles. The maximum Gasteiger partial charge on any atom is 0.270 e. The molecular formula is C10H7ClN2O2. The Morgan fingerprint density at radius 1 is 1.60 bits per heavy atom. The highest BCUT2D eigenvalue weighted by molar-refractivity contribution is 6.19. The average molecular weight is 223 g/mol. The van der Waals surface area contributed by atoms with Gasteiger partial charge in [-0.1, -0.05) is 12.2 Å². The van der Waals surface area contributed by atoms with E-state index in [0.717, 1.165) is 0 Å². The fourth-order valence-electron chi connectivity index (χ4n) is 1.07. The molecule has 0 N–H and O–H groups in total. The van der Waals surface area contributed by atoms with Gasteiger partial charge in [-0.3, -0.25) is 10.1 Å². The molecule has 0 saturated heterocycles. The van der Waals surface area contributed by atoms with E-state index in [2.05, 4.69) is 0 Å². The highest BCUT2D eigenvalue weighted by atomic mass is 35.5. The Hall–Kier alpha value is -1.86. The number of halogens is 1. The van der Waals surface area contributed by atoms with Gasteiger partial charge in [0.2, 0.25) is 0 Å². The predicted molar refractivity (Wildman–Crippen MR) is 57.6 cm³/mol. The van der Waals surface area contributed by atoms with Crippen molar-refractivity contribution in [3.8, 4) is 6.07 Å². The molecule has 15 heavy (non-hydrogen) atoms. The summed E-state index contributed by atoms with van der Waals surface area (Å²) in [4.78, 5) is 9.92. The summed E-state index contributed by atoms with van der Waals surface area (Å²) >= 11 is 5.45. The maximum atomic E-state index is 10.5. The first-order valence-electron chi connectivity index (χ1n) is 4.10. The summed E-state index contributed by atoms with van der Waals surface area (Å²) in [7, 11) is 0. The van der Waals surface area contributed by atoms with Gasteiger partial charge in [0.25, 0.3) is 5.69 Å². The van der Waals surface area contributed by atoms with E-state index in [1.165, 1.54) is 18.2 Å². The van der Waals surface area contributed by atoms with Gasteiger partial charge < -0.3 is 0 Å². The molecule has 0 fully saturated rings. The second kappa shape index (κ2) is 5.13. The van der Waals surface area contributed by atoms with Crippen molar-refractivity contribution < 1.29 is 4.92 Å². The summed E-state index contributed by atoms with van der Waals surface area (Å²) in [5.74, 6) is 0.335. The fraction of sp³-hybridized carbons (Fsp3) is 0.100. The van der Waals surface area contributed by atoms with Gasteiger partial charge in [-0.25, -0.2) is 0 Å². The van der Waals surface area contributed by atoms with Crippen LogP contribution in [0.4, 0.5) is 5.69 Å². The van der Waals surface area contributed by atoms with Crippen molar-refractivity contribution in [3.63, 3.8) is 0 Å². The number of hydrogen-bond donors (Lipinski definition) is 0. The van der Waals surface area contributed by atoms with Gasteiger partial charge in [0.15, 0.2) is 0 Å². The van der Waals surface area contributed by atoms with Crippen molar-refractivity contribution in [3.05, 3.63) is 45.5 Å². The Kier molecular flexibility index (Phi) is 3.83. The van der Waals surface area contributed by atoms with Crippen LogP contribution in [0.2, 0.25) is 0 Å². The lowest BCUT2D eigenvalue weighted by Gasteiger charge is -1.97. The standard InChI is InChI=1S/C10H7ClN2O2/c11-5-1-2-8-3-4-10(13(14)15)6-9(8)7-12/h1-4,6H,5H2. The van der Waals surface area contributed by atoms with Gasteiger partial charge in [0.05, 0.1) is 10.5 Å². The molecule has 0 unspecified atom stereocenters. The predicted octanol–water partition coefficient (Wildman–Crippen LogP) is 2.72. The van der Waals surface area contributed by atoms with Gasteiger partial charge in [-0.05, 0) is 11.6 Å². The summed E-state index contributed by atoms with van der Waals surface area (Å²) in [6, 6.07) is 6.03. The lowest BCUT2D eigenvalue weighted by Crippen LogP contribution is -1.90. The molecule has 0 spiro atoms. The second-order valence-electron chi connectivity index (χ2n) is 2.70. The van der Waals surface area contributed by atoms with Crippen LogP contribution < -0.4 is 0 Å². The largest absolute Gasteiger partial charge is 0.270 e. The number of nitriles is 1. The molecule has 1 aromatic carbocycles. The zero-order valence-electron chi connectivity index (χ0n) is 7.68. The monoisotopic (exact) mass is 222 g/mol. The van der Waals surface area contributed by atoms with Gasteiger partial charge >= 0.3 is 0 Å². The van der Waals surface area contributed by atoms with Crippen LogP contribution in [0.1, 0.15) is 11.1 Å². The van der Waals surface area contributed by atoms with Crippen LogP contribution in [0.3, 0.4) is 0 Å². The van der Waals surface area contributed by atoms with Crippen LogP contribution in [-0.4, -0.2) is 10.8 Å². The Bertz CT molecular complexity index is 449. The number of nitro groups is 1. The fourth-order valence-corrected chi connectivity index (χ4v) is 1.16. The van der Waals surface area contributed by atoms with E-state index in [0.29, 0.717) is 11.4 Å². The number of nitrogens with zero attached hydrogens (tertiary/aromatic N) is 2. The van der Waals surface area contributed by atoms with Crippen LogP contribution in [-0.2, 0) is 0 Å². The lowest BCUT2D eigenvalue weighted by molar-refractivity contribution is -0.384. The third-order valence-corrected chi connectivity index (χ3v) is 1.93. The zero-order chi connectivity index (χ0) is 11.3. The average Bonchev–Trinajstić information content (AvgIpc) is 2.25. The minimum Gasteiger partial charge on any atom is -0.258 e. The van der Waals surface area contributed by atoms with Gasteiger partial charge in [-0.2, -0.15) is 5.26 Å². The Balaban J connectivity index is 3.16. The third kappa shape index (κ3) is 2.79. The Morgan fingerprint density at radius 3 is 2.87 bits per heavy atom. The molecule has 4 nitrogen and oxygen atoms in total. The van der Waals surface area contributed by atoms with Crippen LogP contribution in [0.25, 0.3) is 6.08 Å². The summed E-state index contributed by atoms with van der Waals surface area (Å²) in [6.45, 7) is 0. The Morgan fingerprint density at radius 2 is 2.33 bits per heavy atom. The number of non-ortho nitro benzene ring substituents is 1. The van der Waals surface area contributed by atoms with Crippen LogP contribution in [0.5, 0.6) is 0 Å². The minimum absolute atomic E-state index is 0.0884. The number of nitro benzene ring substituents is 1. The van der Waals surface area contributed by atoms with Crippen LogP contribution in [0.15, 0.2) is 24.3 Å². The maximum absolute atomic E-state index is 10.5. The third-order valence-electron chi connectivity index (χ3n) is 1.75. The van der Waals surface area contributed by atoms with E-state index in [1.54, 1.807) is 12.2 Å². The molecule has 0 aliphatic heterocycles. The van der Waals surface area contributed by atoms with E-state index in [-0.39, 0.29) is 11.3 Å². The van der Waals surface area contributed by atoms with Gasteiger partial charge in [-0.15, -0.1) is 11.6 Å². The highest BCUT2D eigenvalue weighted by Gasteiger charge is 2.08. The van der Waals surface area contributed by atoms with Gasteiger partial charge in [0.1, 0.15) is 6.07 Å². The molecule has 0 aliphatic carbocycles. The number of benzene rings is 1. The van der Waals surface area contributed by atoms with Crippen LogP contribution >= 0.6 is 11.6 Å². The summed E-state index contributed by atoms with van der Waals surface area (Å²) in [5.41, 5.74) is 0.809. The number of allylic oxidation sites excluding steroid dienone is 1. The quantitative estimate of drug-likeness (QED) is 0.449. The molecule has 1 rings (SSSR count). The zero-order valence-corrected chi connectivity index (χ0v) is 8.44. The van der Waals surface area contributed by atoms with Crippen molar-refractivity contribution in [1.29, 1.82) is 5.26 Å². The first-order valence-corrected chi connectivity index (χ1v) is 4.63. The molecule has 0 heterocycles. The number of hydrogen-bond acceptors (Lipinski definition) is 3. The molecule has 0 bridgehead atoms. The molecule has 0 aliphatic rings. The number of rotatable bonds is 3. The Labute approximate surface area is 91.6 Å². The normalized spacial score (nSPS) is 10.1. The van der Waals surface area contributed by atoms with Crippen molar-refractivity contribution >= 4 is 23.4 Å². The molecule has 0 saturated carbocycles. The first-order chi connectivity index (χ1) is 7.19. The smallest absolute Gasteiger partial charge is 0.258 e. The van der Waals surface area contributed by atoms with Crippen LogP contribution in [0, 0.1) is 21.4 Å². The van der Waals surface area contributed by atoms with Crippen molar-refractivity contribution in [2.75, 3.05) is 5.88 Å². The van der Waals surface area contributed by atoms with Crippen molar-refractivity contribution in [2.45, 2.75) is 0 Å². The van der Waals surface area contributed by atoms with E-state index >= 15 is 0 Å². The molecule has 0 amide bonds. The molecule has 0 radical (unpaired) electrons. The van der Waals surface area contributed by atoms with E-state index in [9.17, 15) is 10.1 Å². The van der Waals surface area contributed by atoms with E-state index in [1.807, 2.05) is 6.07 Å². The molecule has 1 aromatic rings. The number of alkyl halides is 1. The summed E-state index contributed by atoms with van der Waals surface area (Å²) < 4.78 is 0. The summed E-state index contributed by atoms with van der Waals surface area (Å²) in [5, 5.41) is 19.2. The van der Waals surface area contributed by atoms with Gasteiger partial charge in [0, 0.05) is 18.0 Å².